The topological polar surface area (TPSA) is 128 Å². The number of benzene rings is 2. The second-order valence-electron chi connectivity index (χ2n) is 5.14. The summed E-state index contributed by atoms with van der Waals surface area (Å²) in [5.74, 6) is -1.83. The van der Waals surface area contributed by atoms with Gasteiger partial charge in [-0.2, -0.15) is 0 Å². The number of nitrogens with zero attached hydrogens (tertiary/aromatic N) is 2. The van der Waals surface area contributed by atoms with Crippen molar-refractivity contribution in [1.29, 1.82) is 0 Å². The van der Waals surface area contributed by atoms with E-state index < -0.39 is 50.0 Å². The predicted molar refractivity (Wildman–Crippen MR) is 81.1 cm³/mol. The van der Waals surface area contributed by atoms with Gasteiger partial charge in [0.15, 0.2) is 0 Å². The Kier molecular flexibility index (Phi) is 2.57. The SMILES string of the molecule is O=C1C(=O)c2nc3c(=O)c(=O)c(=O)c(=O)c3nc2-c2ccccc21. The van der Waals surface area contributed by atoms with Crippen LogP contribution in [-0.2, 0) is 0 Å². The summed E-state index contributed by atoms with van der Waals surface area (Å²) >= 11 is 0. The van der Waals surface area contributed by atoms with Crippen LogP contribution in [0.3, 0.4) is 0 Å². The van der Waals surface area contributed by atoms with Crippen LogP contribution in [0.25, 0.3) is 22.3 Å². The van der Waals surface area contributed by atoms with Crippen LogP contribution in [0.2, 0.25) is 0 Å². The van der Waals surface area contributed by atoms with Crippen molar-refractivity contribution in [2.24, 2.45) is 0 Å². The van der Waals surface area contributed by atoms with Gasteiger partial charge < -0.3 is 0 Å². The predicted octanol–water partition coefficient (Wildman–Crippen LogP) is -1.01. The van der Waals surface area contributed by atoms with Crippen molar-refractivity contribution in [3.05, 3.63) is 76.4 Å². The van der Waals surface area contributed by atoms with Gasteiger partial charge in [-0.15, -0.1) is 0 Å². The van der Waals surface area contributed by atoms with Crippen LogP contribution >= 0.6 is 0 Å². The largest absolute Gasteiger partial charge is 0.285 e. The number of carbonyl (C=O) groups is 2. The lowest BCUT2D eigenvalue weighted by molar-refractivity contribution is 0.0812. The molecule has 0 saturated heterocycles. The van der Waals surface area contributed by atoms with Crippen molar-refractivity contribution < 1.29 is 9.59 Å². The van der Waals surface area contributed by atoms with Gasteiger partial charge in [-0.1, -0.05) is 24.3 Å². The summed E-state index contributed by atoms with van der Waals surface area (Å²) in [4.78, 5) is 78.8. The maximum atomic E-state index is 12.2. The summed E-state index contributed by atoms with van der Waals surface area (Å²) in [6, 6.07) is 6.06. The minimum absolute atomic E-state index is 0.0720. The molecule has 2 aromatic carbocycles. The molecule has 0 fully saturated rings. The molecule has 0 spiro atoms. The van der Waals surface area contributed by atoms with Crippen molar-refractivity contribution in [3.8, 4) is 11.3 Å². The minimum Gasteiger partial charge on any atom is -0.285 e. The van der Waals surface area contributed by atoms with Crippen molar-refractivity contribution >= 4 is 22.6 Å². The lowest BCUT2D eigenvalue weighted by Gasteiger charge is -2.15. The van der Waals surface area contributed by atoms with E-state index in [-0.39, 0.29) is 16.8 Å². The number of hydrogen-bond acceptors (Lipinski definition) is 8. The standard InChI is InChI=1S/C16H4N2O6/c19-11-6-4-2-1-3-5(6)7-8(12(11)20)18-10-9(17-7)13(21)15(23)16(24)14(10)22/h1-4H. The number of Topliss-reactive ketones (excluding diaryl/α,β-unsaturated/α-hetero) is 2. The van der Waals surface area contributed by atoms with Gasteiger partial charge in [0, 0.05) is 11.1 Å². The van der Waals surface area contributed by atoms with Crippen molar-refractivity contribution in [1.82, 2.24) is 9.97 Å². The molecule has 0 amide bonds. The highest BCUT2D eigenvalue weighted by Gasteiger charge is 2.34. The zero-order valence-electron chi connectivity index (χ0n) is 11.7. The lowest BCUT2D eigenvalue weighted by Crippen LogP contribution is -2.47. The van der Waals surface area contributed by atoms with Crippen LogP contribution in [0, 0.1) is 0 Å². The van der Waals surface area contributed by atoms with Crippen molar-refractivity contribution in [2.75, 3.05) is 0 Å². The van der Waals surface area contributed by atoms with E-state index >= 15 is 0 Å². The minimum atomic E-state index is -1.53. The summed E-state index contributed by atoms with van der Waals surface area (Å²) in [7, 11) is 0. The average molecular weight is 320 g/mol. The molecule has 4 rings (SSSR count). The summed E-state index contributed by atoms with van der Waals surface area (Å²) in [5.41, 5.74) is -7.00. The van der Waals surface area contributed by atoms with E-state index in [9.17, 15) is 28.8 Å². The van der Waals surface area contributed by atoms with Crippen LogP contribution in [-0.4, -0.2) is 21.5 Å². The molecular weight excluding hydrogens is 316 g/mol. The Morgan fingerprint density at radius 3 is 1.62 bits per heavy atom. The van der Waals surface area contributed by atoms with E-state index in [0.717, 1.165) is 0 Å². The van der Waals surface area contributed by atoms with Gasteiger partial charge in [0.2, 0.25) is 5.78 Å². The van der Waals surface area contributed by atoms with E-state index in [1.165, 1.54) is 12.1 Å². The third-order valence-electron chi connectivity index (χ3n) is 3.79. The molecule has 0 radical (unpaired) electrons. The quantitative estimate of drug-likeness (QED) is 0.482. The molecule has 3 aromatic rings. The van der Waals surface area contributed by atoms with Crippen molar-refractivity contribution in [2.45, 2.75) is 0 Å². The van der Waals surface area contributed by atoms with Crippen LogP contribution in [0.5, 0.6) is 0 Å². The molecule has 1 aliphatic rings. The van der Waals surface area contributed by atoms with E-state index in [1.807, 2.05) is 0 Å². The molecule has 0 bridgehead atoms. The third-order valence-corrected chi connectivity index (χ3v) is 3.79. The molecule has 0 atom stereocenters. The molecule has 8 nitrogen and oxygen atoms in total. The highest BCUT2D eigenvalue weighted by Crippen LogP contribution is 2.31. The highest BCUT2D eigenvalue weighted by atomic mass is 16.2. The maximum absolute atomic E-state index is 12.2. The Morgan fingerprint density at radius 1 is 0.542 bits per heavy atom. The summed E-state index contributed by atoms with van der Waals surface area (Å²) in [5, 5.41) is 0. The van der Waals surface area contributed by atoms with Gasteiger partial charge >= 0.3 is 0 Å². The fraction of sp³-hybridized carbons (Fsp3) is 0. The third kappa shape index (κ3) is 1.56. The average Bonchev–Trinajstić information content (AvgIpc) is 2.61. The zero-order chi connectivity index (χ0) is 17.2. The molecule has 0 aliphatic heterocycles. The molecule has 8 heteroatoms. The Morgan fingerprint density at radius 2 is 1.04 bits per heavy atom. The molecule has 1 heterocycles. The smallest absolute Gasteiger partial charge is 0.279 e. The normalized spacial score (nSPS) is 13.0. The van der Waals surface area contributed by atoms with Gasteiger partial charge in [0.1, 0.15) is 22.4 Å². The second kappa shape index (κ2) is 4.42. The molecule has 0 N–H and O–H groups in total. The number of fused-ring (bicyclic) bond motifs is 4. The van der Waals surface area contributed by atoms with Gasteiger partial charge in [0.25, 0.3) is 27.5 Å². The number of aromatic nitrogens is 2. The number of hydrogen-bond donors (Lipinski definition) is 0. The molecule has 1 aliphatic carbocycles. The zero-order valence-corrected chi connectivity index (χ0v) is 11.7. The van der Waals surface area contributed by atoms with Crippen LogP contribution in [0.1, 0.15) is 20.8 Å². The number of carbonyl (C=O) groups excluding carboxylic acids is 2. The number of ketones is 2. The van der Waals surface area contributed by atoms with E-state index in [1.54, 1.807) is 12.1 Å². The second-order valence-corrected chi connectivity index (χ2v) is 5.14. The summed E-state index contributed by atoms with van der Waals surface area (Å²) in [6.45, 7) is 0. The molecule has 114 valence electrons. The van der Waals surface area contributed by atoms with Gasteiger partial charge in [-0.25, -0.2) is 9.97 Å². The van der Waals surface area contributed by atoms with Crippen LogP contribution in [0.15, 0.2) is 43.4 Å². The fourth-order valence-corrected chi connectivity index (χ4v) is 2.64. The van der Waals surface area contributed by atoms with Gasteiger partial charge in [-0.05, 0) is 0 Å². The van der Waals surface area contributed by atoms with Gasteiger partial charge in [-0.3, -0.25) is 28.8 Å². The molecule has 24 heavy (non-hydrogen) atoms. The first kappa shape index (κ1) is 13.9. The molecule has 1 aromatic heterocycles. The van der Waals surface area contributed by atoms with Gasteiger partial charge in [0.05, 0.1) is 0 Å². The fourth-order valence-electron chi connectivity index (χ4n) is 2.64. The molecule has 0 unspecified atom stereocenters. The Hall–Kier alpha value is -3.68. The summed E-state index contributed by atoms with van der Waals surface area (Å²) < 4.78 is 0. The Balaban J connectivity index is 2.28. The van der Waals surface area contributed by atoms with E-state index in [0.29, 0.717) is 0 Å². The van der Waals surface area contributed by atoms with E-state index in [4.69, 9.17) is 0 Å². The maximum Gasteiger partial charge on any atom is 0.279 e. The van der Waals surface area contributed by atoms with Crippen LogP contribution in [0.4, 0.5) is 0 Å². The van der Waals surface area contributed by atoms with Crippen molar-refractivity contribution in [3.63, 3.8) is 0 Å². The highest BCUT2D eigenvalue weighted by molar-refractivity contribution is 6.52. The molecular formula is C16H4N2O6. The number of rotatable bonds is 0. The lowest BCUT2D eigenvalue weighted by atomic mass is 9.90. The Labute approximate surface area is 130 Å². The Bertz CT molecular complexity index is 1320. The first-order chi connectivity index (χ1) is 11.4. The van der Waals surface area contributed by atoms with E-state index in [2.05, 4.69) is 9.97 Å². The monoisotopic (exact) mass is 320 g/mol. The summed E-state index contributed by atoms with van der Waals surface area (Å²) in [6.07, 6.45) is 0. The van der Waals surface area contributed by atoms with Crippen LogP contribution < -0.4 is 21.7 Å². The molecule has 0 saturated carbocycles. The first-order valence-corrected chi connectivity index (χ1v) is 6.70. The first-order valence-electron chi connectivity index (χ1n) is 6.70.